The molecule has 0 aliphatic carbocycles. The topological polar surface area (TPSA) is 71.5 Å². The van der Waals surface area contributed by atoms with Crippen LogP contribution in [0.1, 0.15) is 30.9 Å². The number of amidine groups is 1. The van der Waals surface area contributed by atoms with Gasteiger partial charge in [-0.25, -0.2) is 0 Å². The van der Waals surface area contributed by atoms with Crippen LogP contribution in [0.2, 0.25) is 0 Å². The Balaban J connectivity index is 3.05. The first kappa shape index (κ1) is 9.51. The van der Waals surface area contributed by atoms with Crippen molar-refractivity contribution in [2.45, 2.75) is 19.8 Å². The summed E-state index contributed by atoms with van der Waals surface area (Å²) in [5.41, 5.74) is 7.14. The molecule has 1 heterocycles. The monoisotopic (exact) mass is 179 g/mol. The molecule has 0 aliphatic heterocycles. The number of nitrogens with two attached hydrogens (primary N) is 1. The third-order valence-electron chi connectivity index (χ3n) is 1.83. The van der Waals surface area contributed by atoms with Crippen molar-refractivity contribution in [3.05, 3.63) is 29.6 Å². The fourth-order valence-corrected chi connectivity index (χ4v) is 0.971. The van der Waals surface area contributed by atoms with Gasteiger partial charge in [-0.2, -0.15) is 0 Å². The van der Waals surface area contributed by atoms with E-state index < -0.39 is 0 Å². The van der Waals surface area contributed by atoms with E-state index in [9.17, 15) is 0 Å². The summed E-state index contributed by atoms with van der Waals surface area (Å²) in [7, 11) is 0. The minimum absolute atomic E-state index is 0.0926. The van der Waals surface area contributed by atoms with Crippen LogP contribution < -0.4 is 5.73 Å². The molecule has 1 aromatic rings. The van der Waals surface area contributed by atoms with Gasteiger partial charge in [-0.15, -0.1) is 0 Å². The molecule has 13 heavy (non-hydrogen) atoms. The van der Waals surface area contributed by atoms with Crippen LogP contribution in [0.3, 0.4) is 0 Å². The van der Waals surface area contributed by atoms with E-state index in [-0.39, 0.29) is 5.84 Å². The highest BCUT2D eigenvalue weighted by Crippen LogP contribution is 2.13. The van der Waals surface area contributed by atoms with E-state index in [1.165, 1.54) is 0 Å². The average Bonchev–Trinajstić information content (AvgIpc) is 2.17. The standard InChI is InChI=1S/C9H13N3O/c1-6(2)7-3-8(5-11-4-7)9(10)12-13/h3-6,13H,1-2H3,(H2,10,12). The largest absolute Gasteiger partial charge is 0.409 e. The van der Waals surface area contributed by atoms with Crippen LogP contribution in [0.5, 0.6) is 0 Å². The Morgan fingerprint density at radius 1 is 1.54 bits per heavy atom. The molecule has 0 atom stereocenters. The number of pyridine rings is 1. The molecular weight excluding hydrogens is 166 g/mol. The number of rotatable bonds is 2. The number of oxime groups is 1. The molecule has 1 aromatic heterocycles. The van der Waals surface area contributed by atoms with Gasteiger partial charge in [-0.05, 0) is 17.5 Å². The minimum atomic E-state index is 0.0926. The first-order chi connectivity index (χ1) is 6.15. The number of hydrogen-bond donors (Lipinski definition) is 2. The highest BCUT2D eigenvalue weighted by molar-refractivity contribution is 5.96. The number of nitrogens with zero attached hydrogens (tertiary/aromatic N) is 2. The molecule has 1 rings (SSSR count). The molecule has 0 unspecified atom stereocenters. The molecule has 3 N–H and O–H groups in total. The summed E-state index contributed by atoms with van der Waals surface area (Å²) in [6, 6.07) is 1.87. The molecule has 4 nitrogen and oxygen atoms in total. The normalized spacial score (nSPS) is 12.1. The maximum Gasteiger partial charge on any atom is 0.171 e. The van der Waals surface area contributed by atoms with Crippen molar-refractivity contribution in [2.24, 2.45) is 10.9 Å². The average molecular weight is 179 g/mol. The molecule has 0 fully saturated rings. The Morgan fingerprint density at radius 3 is 2.77 bits per heavy atom. The molecule has 0 saturated carbocycles. The lowest BCUT2D eigenvalue weighted by molar-refractivity contribution is 0.318. The van der Waals surface area contributed by atoms with Crippen LogP contribution in [-0.4, -0.2) is 16.0 Å². The van der Waals surface area contributed by atoms with Crippen molar-refractivity contribution >= 4 is 5.84 Å². The summed E-state index contributed by atoms with van der Waals surface area (Å²) in [4.78, 5) is 4.00. The molecule has 0 aliphatic rings. The van der Waals surface area contributed by atoms with Gasteiger partial charge in [0.25, 0.3) is 0 Å². The quantitative estimate of drug-likeness (QED) is 0.311. The van der Waals surface area contributed by atoms with Crippen molar-refractivity contribution in [1.82, 2.24) is 4.98 Å². The van der Waals surface area contributed by atoms with Crippen LogP contribution in [0, 0.1) is 0 Å². The maximum absolute atomic E-state index is 8.45. The Morgan fingerprint density at radius 2 is 2.23 bits per heavy atom. The van der Waals surface area contributed by atoms with Crippen molar-refractivity contribution < 1.29 is 5.21 Å². The van der Waals surface area contributed by atoms with E-state index in [1.54, 1.807) is 12.4 Å². The van der Waals surface area contributed by atoms with E-state index in [1.807, 2.05) is 6.07 Å². The van der Waals surface area contributed by atoms with Gasteiger partial charge in [-0.1, -0.05) is 19.0 Å². The van der Waals surface area contributed by atoms with Gasteiger partial charge >= 0.3 is 0 Å². The van der Waals surface area contributed by atoms with Crippen LogP contribution in [0.15, 0.2) is 23.6 Å². The zero-order valence-corrected chi connectivity index (χ0v) is 7.73. The fraction of sp³-hybridized carbons (Fsp3) is 0.333. The Bertz CT molecular complexity index is 320. The zero-order valence-electron chi connectivity index (χ0n) is 7.73. The molecule has 4 heteroatoms. The third kappa shape index (κ3) is 2.18. The molecular formula is C9H13N3O. The lowest BCUT2D eigenvalue weighted by atomic mass is 10.0. The summed E-state index contributed by atoms with van der Waals surface area (Å²) in [6.45, 7) is 4.13. The first-order valence-corrected chi connectivity index (χ1v) is 4.08. The second-order valence-corrected chi connectivity index (χ2v) is 3.15. The van der Waals surface area contributed by atoms with Gasteiger partial charge in [0, 0.05) is 18.0 Å². The number of aromatic nitrogens is 1. The highest BCUT2D eigenvalue weighted by Gasteiger charge is 2.03. The zero-order chi connectivity index (χ0) is 9.84. The van der Waals surface area contributed by atoms with Gasteiger partial charge < -0.3 is 10.9 Å². The molecule has 0 saturated heterocycles. The Kier molecular flexibility index (Phi) is 2.84. The van der Waals surface area contributed by atoms with Gasteiger partial charge in [0.2, 0.25) is 0 Å². The summed E-state index contributed by atoms with van der Waals surface area (Å²) in [6.07, 6.45) is 3.35. The summed E-state index contributed by atoms with van der Waals surface area (Å²) >= 11 is 0. The van der Waals surface area contributed by atoms with E-state index >= 15 is 0 Å². The van der Waals surface area contributed by atoms with E-state index in [0.29, 0.717) is 11.5 Å². The van der Waals surface area contributed by atoms with Crippen molar-refractivity contribution in [3.63, 3.8) is 0 Å². The second kappa shape index (κ2) is 3.89. The molecule has 0 aromatic carbocycles. The highest BCUT2D eigenvalue weighted by atomic mass is 16.4. The fourth-order valence-electron chi connectivity index (χ4n) is 0.971. The van der Waals surface area contributed by atoms with Crippen molar-refractivity contribution in [1.29, 1.82) is 0 Å². The molecule has 0 bridgehead atoms. The van der Waals surface area contributed by atoms with Crippen molar-refractivity contribution in [2.75, 3.05) is 0 Å². The van der Waals surface area contributed by atoms with E-state index in [2.05, 4.69) is 24.0 Å². The van der Waals surface area contributed by atoms with Crippen LogP contribution in [-0.2, 0) is 0 Å². The second-order valence-electron chi connectivity index (χ2n) is 3.15. The lowest BCUT2D eigenvalue weighted by Gasteiger charge is -2.05. The van der Waals surface area contributed by atoms with Crippen LogP contribution in [0.4, 0.5) is 0 Å². The Hall–Kier alpha value is -1.58. The maximum atomic E-state index is 8.45. The predicted molar refractivity (Wildman–Crippen MR) is 50.8 cm³/mol. The molecule has 0 amide bonds. The van der Waals surface area contributed by atoms with Gasteiger partial charge in [0.05, 0.1) is 0 Å². The number of hydrogen-bond acceptors (Lipinski definition) is 3. The van der Waals surface area contributed by atoms with Gasteiger partial charge in [0.15, 0.2) is 5.84 Å². The summed E-state index contributed by atoms with van der Waals surface area (Å²) < 4.78 is 0. The summed E-state index contributed by atoms with van der Waals surface area (Å²) in [5, 5.41) is 11.4. The predicted octanol–water partition coefficient (Wildman–Crippen LogP) is 1.30. The van der Waals surface area contributed by atoms with Gasteiger partial charge in [0.1, 0.15) is 0 Å². The smallest absolute Gasteiger partial charge is 0.171 e. The third-order valence-corrected chi connectivity index (χ3v) is 1.83. The van der Waals surface area contributed by atoms with E-state index in [0.717, 1.165) is 5.56 Å². The lowest BCUT2D eigenvalue weighted by Crippen LogP contribution is -2.13. The van der Waals surface area contributed by atoms with Crippen molar-refractivity contribution in [3.8, 4) is 0 Å². The Labute approximate surface area is 77.1 Å². The van der Waals surface area contributed by atoms with Crippen LogP contribution >= 0.6 is 0 Å². The first-order valence-electron chi connectivity index (χ1n) is 4.08. The molecule has 0 spiro atoms. The summed E-state index contributed by atoms with van der Waals surface area (Å²) in [5.74, 6) is 0.481. The van der Waals surface area contributed by atoms with Gasteiger partial charge in [-0.3, -0.25) is 4.98 Å². The SMILES string of the molecule is CC(C)c1cncc(/C(N)=N/O)c1. The van der Waals surface area contributed by atoms with Crippen LogP contribution in [0.25, 0.3) is 0 Å². The molecule has 0 radical (unpaired) electrons. The van der Waals surface area contributed by atoms with E-state index in [4.69, 9.17) is 10.9 Å². The molecule has 70 valence electrons. The minimum Gasteiger partial charge on any atom is -0.409 e.